The minimum atomic E-state index is -0.800. The second-order valence-electron chi connectivity index (χ2n) is 23.2. The van der Waals surface area contributed by atoms with E-state index in [-0.39, 0.29) is 25.2 Å². The van der Waals surface area contributed by atoms with Gasteiger partial charge in [0.25, 0.3) is 0 Å². The van der Waals surface area contributed by atoms with E-state index in [1.165, 1.54) is 116 Å². The van der Waals surface area contributed by atoms with Crippen LogP contribution in [0.4, 0.5) is 0 Å². The number of ether oxygens (including phenoxy) is 2. The van der Waals surface area contributed by atoms with Gasteiger partial charge in [0.1, 0.15) is 6.61 Å². The lowest BCUT2D eigenvalue weighted by molar-refractivity contribution is -0.161. The molecule has 0 fully saturated rings. The van der Waals surface area contributed by atoms with Gasteiger partial charge in [0.15, 0.2) is 6.10 Å². The molecule has 0 rings (SSSR count). The van der Waals surface area contributed by atoms with Crippen LogP contribution < -0.4 is 0 Å². The first kappa shape index (κ1) is 82.7. The molecule has 0 heterocycles. The first-order chi connectivity index (χ1) is 43.6. The molecule has 0 aliphatic carbocycles. The molecule has 5 heteroatoms. The van der Waals surface area contributed by atoms with Crippen LogP contribution >= 0.6 is 0 Å². The maximum Gasteiger partial charge on any atom is 0.306 e. The third-order valence-corrected chi connectivity index (χ3v) is 14.9. The molecule has 0 aliphatic heterocycles. The molecule has 5 nitrogen and oxygen atoms in total. The highest BCUT2D eigenvalue weighted by atomic mass is 16.6. The van der Waals surface area contributed by atoms with E-state index in [2.05, 4.69) is 208 Å². The highest BCUT2D eigenvalue weighted by molar-refractivity contribution is 5.70. The van der Waals surface area contributed by atoms with Crippen LogP contribution in [0.25, 0.3) is 0 Å². The Morgan fingerprint density at radius 1 is 0.261 bits per heavy atom. The van der Waals surface area contributed by atoms with Crippen LogP contribution in [-0.2, 0) is 19.1 Å². The number of hydrogen-bond acceptors (Lipinski definition) is 5. The molecule has 0 radical (unpaired) electrons. The number of esters is 2. The van der Waals surface area contributed by atoms with Crippen LogP contribution in [0.2, 0.25) is 0 Å². The van der Waals surface area contributed by atoms with E-state index < -0.39 is 6.10 Å². The Hall–Kier alpha value is -5.26. The standard InChI is InChI=1S/C83H132O5/c1-3-5-7-9-11-13-15-17-19-21-23-25-27-29-31-33-35-37-39-40-41-42-44-45-47-49-51-53-55-57-59-61-63-65-67-69-71-73-75-77-82(85)87-80-81(79-84)88-83(86)78-76-74-72-70-68-66-64-62-60-58-56-54-52-50-48-46-43-38-36-34-32-30-28-26-24-22-20-18-16-14-12-10-8-6-4-2/h5-8,11-14,17-20,23-26,29-32,35-38,46,48,52,54,58,60,64,66,81,84H,3-4,9-10,15-16,21-22,27-28,33-34,39-45,47,49-51,53,55-57,59,61-63,65,67-80H2,1-2H3/b7-5-,8-6-,13-11-,14-12-,19-17-,20-18-,25-23-,26-24-,31-29-,32-30-,37-35-,38-36-,48-46-,54-52-,60-58-,66-64-. The predicted molar refractivity (Wildman–Crippen MR) is 389 cm³/mol. The maximum absolute atomic E-state index is 12.4. The molecule has 0 aromatic heterocycles. The molecule has 494 valence electrons. The Morgan fingerprint density at radius 3 is 0.682 bits per heavy atom. The zero-order valence-electron chi connectivity index (χ0n) is 56.7. The average molecular weight is 1210 g/mol. The van der Waals surface area contributed by atoms with Gasteiger partial charge in [-0.05, 0) is 141 Å². The van der Waals surface area contributed by atoms with Gasteiger partial charge in [-0.2, -0.15) is 0 Å². The Morgan fingerprint density at radius 2 is 0.455 bits per heavy atom. The number of carbonyl (C=O) groups is 2. The quantitative estimate of drug-likeness (QED) is 0.0373. The average Bonchev–Trinajstić information content (AvgIpc) is 3.54. The number of rotatable bonds is 64. The van der Waals surface area contributed by atoms with Gasteiger partial charge in [-0.1, -0.05) is 337 Å². The Labute approximate surface area is 543 Å². The number of allylic oxidation sites excluding steroid dienone is 32. The summed E-state index contributed by atoms with van der Waals surface area (Å²) < 4.78 is 10.7. The summed E-state index contributed by atoms with van der Waals surface area (Å²) in [4.78, 5) is 24.7. The summed E-state index contributed by atoms with van der Waals surface area (Å²) >= 11 is 0. The molecule has 0 aliphatic rings. The highest BCUT2D eigenvalue weighted by Gasteiger charge is 2.16. The first-order valence-electron chi connectivity index (χ1n) is 36.0. The molecule has 0 spiro atoms. The number of carbonyl (C=O) groups excluding carboxylic acids is 2. The van der Waals surface area contributed by atoms with Crippen molar-refractivity contribution in [2.75, 3.05) is 13.2 Å². The highest BCUT2D eigenvalue weighted by Crippen LogP contribution is 2.16. The van der Waals surface area contributed by atoms with Gasteiger partial charge in [-0.25, -0.2) is 0 Å². The number of unbranched alkanes of at least 4 members (excludes halogenated alkanes) is 24. The summed E-state index contributed by atoms with van der Waals surface area (Å²) in [6.07, 6.45) is 120. The first-order valence-corrected chi connectivity index (χ1v) is 36.0. The SMILES string of the molecule is CC/C=C\C/C=C\C/C=C\C/C=C\C/C=C\C/C=C\C/C=C\C/C=C\C/C=C\C/C=C\CCCCCCC(=O)OC(CO)COC(=O)CCCCCCCCCCCCCCCCCCCCCC/C=C\C/C=C\C/C=C\C/C=C\C/C=C\C/C=C\CC. The fraction of sp³-hybridized carbons (Fsp3) is 0.590. The number of aliphatic hydroxyl groups excluding tert-OH is 1. The summed E-state index contributed by atoms with van der Waals surface area (Å²) in [6.45, 7) is 3.90. The predicted octanol–water partition coefficient (Wildman–Crippen LogP) is 25.5. The summed E-state index contributed by atoms with van der Waals surface area (Å²) in [5, 5.41) is 9.71. The molecule has 0 saturated carbocycles. The second-order valence-corrected chi connectivity index (χ2v) is 23.2. The summed E-state index contributed by atoms with van der Waals surface area (Å²) in [7, 11) is 0. The third-order valence-electron chi connectivity index (χ3n) is 14.9. The third kappa shape index (κ3) is 73.2. The number of aliphatic hydroxyl groups is 1. The van der Waals surface area contributed by atoms with Crippen molar-refractivity contribution in [3.8, 4) is 0 Å². The van der Waals surface area contributed by atoms with Crippen LogP contribution in [0.1, 0.15) is 296 Å². The van der Waals surface area contributed by atoms with Crippen molar-refractivity contribution in [3.63, 3.8) is 0 Å². The molecule has 0 aromatic rings. The Bertz CT molecular complexity index is 2000. The van der Waals surface area contributed by atoms with Crippen LogP contribution in [0.15, 0.2) is 194 Å². The fourth-order valence-corrected chi connectivity index (χ4v) is 9.59. The van der Waals surface area contributed by atoms with Crippen molar-refractivity contribution in [2.24, 2.45) is 0 Å². The van der Waals surface area contributed by atoms with Gasteiger partial charge >= 0.3 is 11.9 Å². The van der Waals surface area contributed by atoms with E-state index in [1.54, 1.807) is 0 Å². The molecule has 0 amide bonds. The molecule has 1 N–H and O–H groups in total. The largest absolute Gasteiger partial charge is 0.462 e. The molecular weight excluding hydrogens is 1080 g/mol. The Kier molecular flexibility index (Phi) is 71.4. The van der Waals surface area contributed by atoms with Crippen LogP contribution in [0, 0.1) is 0 Å². The van der Waals surface area contributed by atoms with Gasteiger partial charge in [-0.15, -0.1) is 0 Å². The lowest BCUT2D eigenvalue weighted by Gasteiger charge is -2.15. The molecule has 88 heavy (non-hydrogen) atoms. The maximum atomic E-state index is 12.4. The van der Waals surface area contributed by atoms with Crippen molar-refractivity contribution < 1.29 is 24.2 Å². The van der Waals surface area contributed by atoms with Crippen molar-refractivity contribution in [1.29, 1.82) is 0 Å². The van der Waals surface area contributed by atoms with Crippen molar-refractivity contribution >= 4 is 11.9 Å². The monoisotopic (exact) mass is 1210 g/mol. The van der Waals surface area contributed by atoms with Gasteiger partial charge in [0.2, 0.25) is 0 Å². The normalized spacial score (nSPS) is 13.4. The van der Waals surface area contributed by atoms with E-state index in [1.807, 2.05) is 0 Å². The van der Waals surface area contributed by atoms with Crippen molar-refractivity contribution in [3.05, 3.63) is 194 Å². The van der Waals surface area contributed by atoms with Crippen molar-refractivity contribution in [2.45, 2.75) is 302 Å². The zero-order chi connectivity index (χ0) is 63.3. The zero-order valence-corrected chi connectivity index (χ0v) is 56.7. The summed E-state index contributed by atoms with van der Waals surface area (Å²) in [6, 6.07) is 0. The lowest BCUT2D eigenvalue weighted by atomic mass is 10.0. The van der Waals surface area contributed by atoms with Gasteiger partial charge in [-0.3, -0.25) is 9.59 Å². The lowest BCUT2D eigenvalue weighted by Crippen LogP contribution is -2.28. The summed E-state index contributed by atoms with van der Waals surface area (Å²) in [5.41, 5.74) is 0. The van der Waals surface area contributed by atoms with Crippen LogP contribution in [-0.4, -0.2) is 36.4 Å². The van der Waals surface area contributed by atoms with Crippen LogP contribution in [0.5, 0.6) is 0 Å². The molecule has 1 unspecified atom stereocenters. The van der Waals surface area contributed by atoms with E-state index in [0.29, 0.717) is 12.8 Å². The smallest absolute Gasteiger partial charge is 0.306 e. The summed E-state index contributed by atoms with van der Waals surface area (Å²) in [5.74, 6) is -0.624. The Balaban J connectivity index is 3.56. The minimum absolute atomic E-state index is 0.0855. The second kappa shape index (κ2) is 76.0. The van der Waals surface area contributed by atoms with Gasteiger partial charge in [0.05, 0.1) is 6.61 Å². The molecule has 0 bridgehead atoms. The molecule has 0 saturated heterocycles. The fourth-order valence-electron chi connectivity index (χ4n) is 9.59. The van der Waals surface area contributed by atoms with E-state index in [4.69, 9.17) is 9.47 Å². The topological polar surface area (TPSA) is 72.8 Å². The van der Waals surface area contributed by atoms with E-state index in [0.717, 1.165) is 154 Å². The van der Waals surface area contributed by atoms with Gasteiger partial charge < -0.3 is 14.6 Å². The van der Waals surface area contributed by atoms with Crippen LogP contribution in [0.3, 0.4) is 0 Å². The molecular formula is C83H132O5. The molecule has 1 atom stereocenters. The van der Waals surface area contributed by atoms with Gasteiger partial charge in [0, 0.05) is 12.8 Å². The number of hydrogen-bond donors (Lipinski definition) is 1. The molecule has 0 aromatic carbocycles. The minimum Gasteiger partial charge on any atom is -0.462 e. The van der Waals surface area contributed by atoms with E-state index in [9.17, 15) is 14.7 Å². The van der Waals surface area contributed by atoms with Crippen molar-refractivity contribution in [1.82, 2.24) is 0 Å². The van der Waals surface area contributed by atoms with E-state index >= 15 is 0 Å².